The summed E-state index contributed by atoms with van der Waals surface area (Å²) in [5.74, 6) is 1.42. The maximum absolute atomic E-state index is 10.2. The van der Waals surface area contributed by atoms with E-state index in [1.165, 1.54) is 12.8 Å². The van der Waals surface area contributed by atoms with Crippen molar-refractivity contribution in [1.82, 2.24) is 9.55 Å². The Morgan fingerprint density at radius 3 is 2.64 bits per heavy atom. The van der Waals surface area contributed by atoms with Gasteiger partial charge in [-0.25, -0.2) is 4.98 Å². The molecule has 0 spiro atoms. The molecular weight excluding hydrogens is 176 g/mol. The highest BCUT2D eigenvalue weighted by Crippen LogP contribution is 2.35. The van der Waals surface area contributed by atoms with Crippen LogP contribution in [0.25, 0.3) is 0 Å². The second-order valence-corrected chi connectivity index (χ2v) is 4.28. The summed E-state index contributed by atoms with van der Waals surface area (Å²) in [6.07, 6.45) is 6.33. The molecule has 0 aromatic carbocycles. The van der Waals surface area contributed by atoms with Crippen LogP contribution in [0.5, 0.6) is 0 Å². The van der Waals surface area contributed by atoms with E-state index in [4.69, 9.17) is 0 Å². The molecule has 3 nitrogen and oxygen atoms in total. The Morgan fingerprint density at radius 1 is 1.50 bits per heavy atom. The maximum atomic E-state index is 10.2. The summed E-state index contributed by atoms with van der Waals surface area (Å²) in [4.78, 5) is 4.21. The zero-order valence-electron chi connectivity index (χ0n) is 8.90. The van der Waals surface area contributed by atoms with Crippen LogP contribution in [0.4, 0.5) is 0 Å². The van der Waals surface area contributed by atoms with Gasteiger partial charge in [-0.05, 0) is 25.7 Å². The van der Waals surface area contributed by atoms with Gasteiger partial charge in [0, 0.05) is 7.05 Å². The molecule has 1 aliphatic rings. The highest BCUT2D eigenvalue weighted by molar-refractivity contribution is 5.08. The third kappa shape index (κ3) is 1.57. The molecule has 1 fully saturated rings. The predicted molar refractivity (Wildman–Crippen MR) is 54.9 cm³/mol. The van der Waals surface area contributed by atoms with Gasteiger partial charge in [0.2, 0.25) is 0 Å². The van der Waals surface area contributed by atoms with Crippen molar-refractivity contribution < 1.29 is 5.11 Å². The number of hydrogen-bond acceptors (Lipinski definition) is 2. The van der Waals surface area contributed by atoms with Crippen LogP contribution in [0.15, 0.2) is 6.20 Å². The summed E-state index contributed by atoms with van der Waals surface area (Å²) in [6, 6.07) is 0. The van der Waals surface area contributed by atoms with Gasteiger partial charge in [-0.1, -0.05) is 12.8 Å². The molecule has 14 heavy (non-hydrogen) atoms. The van der Waals surface area contributed by atoms with E-state index in [-0.39, 0.29) is 6.10 Å². The zero-order chi connectivity index (χ0) is 10.1. The van der Waals surface area contributed by atoms with Crippen molar-refractivity contribution in [1.29, 1.82) is 0 Å². The van der Waals surface area contributed by atoms with Gasteiger partial charge in [0.1, 0.15) is 5.82 Å². The first-order valence-electron chi connectivity index (χ1n) is 5.36. The van der Waals surface area contributed by atoms with E-state index in [2.05, 4.69) is 4.98 Å². The Morgan fingerprint density at radius 2 is 2.14 bits per heavy atom. The van der Waals surface area contributed by atoms with Crippen LogP contribution in [0.3, 0.4) is 0 Å². The Kier molecular flexibility index (Phi) is 2.59. The van der Waals surface area contributed by atoms with Gasteiger partial charge in [-0.3, -0.25) is 0 Å². The third-order valence-electron chi connectivity index (χ3n) is 3.41. The lowest BCUT2D eigenvalue weighted by atomic mass is 9.99. The van der Waals surface area contributed by atoms with Crippen molar-refractivity contribution in [3.05, 3.63) is 17.7 Å². The number of aromatic nitrogens is 2. The lowest BCUT2D eigenvalue weighted by Gasteiger charge is -2.18. The molecule has 0 radical (unpaired) electrons. The van der Waals surface area contributed by atoms with E-state index in [9.17, 15) is 5.11 Å². The molecule has 3 heteroatoms. The van der Waals surface area contributed by atoms with Crippen molar-refractivity contribution in [3.8, 4) is 0 Å². The van der Waals surface area contributed by atoms with Crippen LogP contribution < -0.4 is 0 Å². The minimum atomic E-state index is -0.316. The summed E-state index contributed by atoms with van der Waals surface area (Å²) >= 11 is 0. The average molecular weight is 194 g/mol. The molecule has 1 atom stereocenters. The second kappa shape index (κ2) is 3.73. The molecule has 0 amide bonds. The standard InChI is InChI=1S/C11H18N2O/c1-8-12-7-10(13(8)2)11(14)9-5-3-4-6-9/h7,9,11,14H,3-6H2,1-2H3. The van der Waals surface area contributed by atoms with Crippen molar-refractivity contribution in [3.63, 3.8) is 0 Å². The fourth-order valence-electron chi connectivity index (χ4n) is 2.31. The van der Waals surface area contributed by atoms with Gasteiger partial charge in [0.25, 0.3) is 0 Å². The molecule has 0 bridgehead atoms. The number of aliphatic hydroxyl groups excluding tert-OH is 1. The second-order valence-electron chi connectivity index (χ2n) is 4.28. The van der Waals surface area contributed by atoms with Gasteiger partial charge in [0.15, 0.2) is 0 Å². The van der Waals surface area contributed by atoms with E-state index in [1.807, 2.05) is 18.5 Å². The van der Waals surface area contributed by atoms with E-state index in [0.717, 1.165) is 24.4 Å². The molecule has 78 valence electrons. The topological polar surface area (TPSA) is 38.1 Å². The largest absolute Gasteiger partial charge is 0.387 e. The lowest BCUT2D eigenvalue weighted by Crippen LogP contribution is -2.12. The van der Waals surface area contributed by atoms with Crippen LogP contribution >= 0.6 is 0 Å². The number of aliphatic hydroxyl groups is 1. The quantitative estimate of drug-likeness (QED) is 0.781. The molecule has 1 heterocycles. The van der Waals surface area contributed by atoms with Crippen LogP contribution in [0, 0.1) is 12.8 Å². The lowest BCUT2D eigenvalue weighted by molar-refractivity contribution is 0.104. The summed E-state index contributed by atoms with van der Waals surface area (Å²) in [5, 5.41) is 10.2. The van der Waals surface area contributed by atoms with E-state index in [1.54, 1.807) is 6.20 Å². The minimum absolute atomic E-state index is 0.316. The van der Waals surface area contributed by atoms with E-state index < -0.39 is 0 Å². The highest BCUT2D eigenvalue weighted by Gasteiger charge is 2.26. The van der Waals surface area contributed by atoms with Crippen LogP contribution in [-0.4, -0.2) is 14.7 Å². The van der Waals surface area contributed by atoms with Crippen molar-refractivity contribution in [2.45, 2.75) is 38.7 Å². The summed E-state index contributed by atoms with van der Waals surface area (Å²) in [7, 11) is 1.97. The zero-order valence-corrected chi connectivity index (χ0v) is 8.90. The van der Waals surface area contributed by atoms with Crippen LogP contribution in [-0.2, 0) is 7.05 Å². The van der Waals surface area contributed by atoms with Crippen molar-refractivity contribution in [2.24, 2.45) is 13.0 Å². The van der Waals surface area contributed by atoms with Gasteiger partial charge < -0.3 is 9.67 Å². The SMILES string of the molecule is Cc1ncc(C(O)C2CCCC2)n1C. The normalized spacial score (nSPS) is 20.2. The van der Waals surface area contributed by atoms with Gasteiger partial charge in [-0.15, -0.1) is 0 Å². The molecule has 1 unspecified atom stereocenters. The fourth-order valence-corrected chi connectivity index (χ4v) is 2.31. The van der Waals surface area contributed by atoms with Crippen molar-refractivity contribution >= 4 is 0 Å². The molecule has 0 saturated heterocycles. The molecular formula is C11H18N2O. The molecule has 2 rings (SSSR count). The average Bonchev–Trinajstić information content (AvgIpc) is 2.77. The molecule has 1 aromatic heterocycles. The highest BCUT2D eigenvalue weighted by atomic mass is 16.3. The fraction of sp³-hybridized carbons (Fsp3) is 0.727. The van der Waals surface area contributed by atoms with Gasteiger partial charge in [0.05, 0.1) is 18.0 Å². The number of nitrogens with zero attached hydrogens (tertiary/aromatic N) is 2. The van der Waals surface area contributed by atoms with Crippen LogP contribution in [0.2, 0.25) is 0 Å². The summed E-state index contributed by atoms with van der Waals surface area (Å²) in [6.45, 7) is 1.96. The van der Waals surface area contributed by atoms with Gasteiger partial charge in [-0.2, -0.15) is 0 Å². The Labute approximate surface area is 84.8 Å². The van der Waals surface area contributed by atoms with Crippen LogP contribution in [0.1, 0.15) is 43.3 Å². The predicted octanol–water partition coefficient (Wildman–Crippen LogP) is 1.95. The first kappa shape index (κ1) is 9.71. The molecule has 1 aliphatic carbocycles. The maximum Gasteiger partial charge on any atom is 0.105 e. The first-order valence-corrected chi connectivity index (χ1v) is 5.36. The van der Waals surface area contributed by atoms with Gasteiger partial charge >= 0.3 is 0 Å². The van der Waals surface area contributed by atoms with E-state index >= 15 is 0 Å². The molecule has 1 N–H and O–H groups in total. The summed E-state index contributed by atoms with van der Waals surface area (Å²) in [5.41, 5.74) is 0.967. The Balaban J connectivity index is 2.17. The number of hydrogen-bond donors (Lipinski definition) is 1. The molecule has 1 aromatic rings. The monoisotopic (exact) mass is 194 g/mol. The first-order chi connectivity index (χ1) is 6.70. The number of aryl methyl sites for hydroxylation is 1. The number of imidazole rings is 1. The summed E-state index contributed by atoms with van der Waals surface area (Å²) < 4.78 is 1.99. The molecule has 1 saturated carbocycles. The minimum Gasteiger partial charge on any atom is -0.387 e. The smallest absolute Gasteiger partial charge is 0.105 e. The third-order valence-corrected chi connectivity index (χ3v) is 3.41. The Bertz CT molecular complexity index is 313. The number of rotatable bonds is 2. The molecule has 0 aliphatic heterocycles. The Hall–Kier alpha value is -0.830. The van der Waals surface area contributed by atoms with Crippen molar-refractivity contribution in [2.75, 3.05) is 0 Å². The van der Waals surface area contributed by atoms with E-state index in [0.29, 0.717) is 5.92 Å².